The lowest BCUT2D eigenvalue weighted by molar-refractivity contribution is 0.0912. The molecule has 1 aliphatic heterocycles. The first-order valence-electron chi connectivity index (χ1n) is 8.05. The lowest BCUT2D eigenvalue weighted by Crippen LogP contribution is -2.26. The van der Waals surface area contributed by atoms with E-state index in [1.54, 1.807) is 23.1 Å². The monoisotopic (exact) mass is 309 g/mol. The molecule has 0 saturated carbocycles. The van der Waals surface area contributed by atoms with Gasteiger partial charge in [0.1, 0.15) is 5.76 Å². The fourth-order valence-corrected chi connectivity index (χ4v) is 3.37. The van der Waals surface area contributed by atoms with Crippen molar-refractivity contribution in [2.24, 2.45) is 0 Å². The van der Waals surface area contributed by atoms with Gasteiger partial charge in [0.05, 0.1) is 23.7 Å². The highest BCUT2D eigenvalue weighted by Crippen LogP contribution is 2.31. The van der Waals surface area contributed by atoms with Crippen LogP contribution >= 0.6 is 0 Å². The van der Waals surface area contributed by atoms with Gasteiger partial charge in [-0.25, -0.2) is 0 Å². The lowest BCUT2D eigenvalue weighted by atomic mass is 9.91. The van der Waals surface area contributed by atoms with E-state index in [-0.39, 0.29) is 12.3 Å². The molecule has 1 fully saturated rings. The van der Waals surface area contributed by atoms with Gasteiger partial charge in [-0.2, -0.15) is 0 Å². The molecule has 4 rings (SSSR count). The molecule has 0 aromatic carbocycles. The number of nitrogens with zero attached hydrogens (tertiary/aromatic N) is 2. The first-order chi connectivity index (χ1) is 11.3. The summed E-state index contributed by atoms with van der Waals surface area (Å²) in [5.41, 5.74) is 3.03. The van der Waals surface area contributed by atoms with Crippen LogP contribution in [0.2, 0.25) is 0 Å². The van der Waals surface area contributed by atoms with Crippen molar-refractivity contribution < 1.29 is 9.21 Å². The minimum Gasteiger partial charge on any atom is -0.469 e. The second-order valence-electron chi connectivity index (χ2n) is 6.00. The average molecular weight is 309 g/mol. The second kappa shape index (κ2) is 6.01. The number of fused-ring (bicyclic) bond motifs is 1. The number of carbonyl (C=O) groups is 1. The normalized spacial score (nSPS) is 16.0. The molecule has 0 amide bonds. The molecule has 1 saturated heterocycles. The highest BCUT2D eigenvalue weighted by Gasteiger charge is 2.23. The summed E-state index contributed by atoms with van der Waals surface area (Å²) >= 11 is 0. The Morgan fingerprint density at radius 1 is 1.30 bits per heavy atom. The van der Waals surface area contributed by atoms with Crippen LogP contribution < -0.4 is 5.32 Å². The Kier molecular flexibility index (Phi) is 3.71. The van der Waals surface area contributed by atoms with Crippen LogP contribution in [0.25, 0.3) is 11.0 Å². The van der Waals surface area contributed by atoms with Crippen molar-refractivity contribution >= 4 is 16.9 Å². The van der Waals surface area contributed by atoms with Gasteiger partial charge in [0.25, 0.3) is 0 Å². The maximum absolute atomic E-state index is 12.7. The molecule has 0 radical (unpaired) electrons. The number of carbonyl (C=O) groups excluding carboxylic acids is 1. The Hall–Kier alpha value is -2.40. The Morgan fingerprint density at radius 3 is 2.96 bits per heavy atom. The van der Waals surface area contributed by atoms with Crippen molar-refractivity contribution in [3.05, 3.63) is 54.2 Å². The van der Waals surface area contributed by atoms with Crippen LogP contribution in [0.3, 0.4) is 0 Å². The van der Waals surface area contributed by atoms with Crippen LogP contribution in [0.4, 0.5) is 0 Å². The summed E-state index contributed by atoms with van der Waals surface area (Å²) in [5, 5.41) is 3.39. The predicted molar refractivity (Wildman–Crippen MR) is 87.6 cm³/mol. The zero-order chi connectivity index (χ0) is 15.6. The third-order valence-corrected chi connectivity index (χ3v) is 4.54. The number of hydrogen-bond acceptors (Lipinski definition) is 4. The molecule has 3 aromatic heterocycles. The van der Waals surface area contributed by atoms with Gasteiger partial charge in [-0.15, -0.1) is 0 Å². The van der Waals surface area contributed by atoms with Crippen molar-refractivity contribution in [1.82, 2.24) is 14.9 Å². The summed E-state index contributed by atoms with van der Waals surface area (Å²) in [5.74, 6) is 1.16. The van der Waals surface area contributed by atoms with Gasteiger partial charge in [0, 0.05) is 12.4 Å². The molecule has 5 heteroatoms. The summed E-state index contributed by atoms with van der Waals surface area (Å²) in [6.07, 6.45) is 7.81. The molecule has 0 bridgehead atoms. The minimum atomic E-state index is 0.0122. The molecule has 0 unspecified atom stereocenters. The van der Waals surface area contributed by atoms with E-state index >= 15 is 0 Å². The number of rotatable bonds is 3. The fourth-order valence-electron chi connectivity index (χ4n) is 3.37. The zero-order valence-electron chi connectivity index (χ0n) is 12.9. The third kappa shape index (κ3) is 2.68. The van der Waals surface area contributed by atoms with E-state index in [1.165, 1.54) is 5.56 Å². The molecule has 0 atom stereocenters. The average Bonchev–Trinajstić information content (AvgIpc) is 3.23. The number of aromatic nitrogens is 2. The SMILES string of the molecule is O=C(Cc1ccco1)n1cc(C2CCNCC2)c2ncccc21. The Bertz CT molecular complexity index is 814. The number of pyridine rings is 1. The quantitative estimate of drug-likeness (QED) is 0.808. The first kappa shape index (κ1) is 14.2. The zero-order valence-corrected chi connectivity index (χ0v) is 12.9. The van der Waals surface area contributed by atoms with Gasteiger partial charge in [-0.1, -0.05) is 0 Å². The predicted octanol–water partition coefficient (Wildman–Crippen LogP) is 2.98. The van der Waals surface area contributed by atoms with E-state index in [1.807, 2.05) is 24.4 Å². The standard InChI is InChI=1S/C18H19N3O2/c22-17(11-14-3-2-10-23-14)21-12-15(13-5-8-19-9-6-13)18-16(21)4-1-7-20-18/h1-4,7,10,12-13,19H,5-6,8-9,11H2. The highest BCUT2D eigenvalue weighted by molar-refractivity contribution is 5.93. The van der Waals surface area contributed by atoms with Crippen LogP contribution in [0.5, 0.6) is 0 Å². The first-order valence-corrected chi connectivity index (χ1v) is 8.05. The summed E-state index contributed by atoms with van der Waals surface area (Å²) in [6.45, 7) is 2.04. The largest absolute Gasteiger partial charge is 0.469 e. The Balaban J connectivity index is 1.73. The van der Waals surface area contributed by atoms with Crippen molar-refractivity contribution in [2.75, 3.05) is 13.1 Å². The second-order valence-corrected chi connectivity index (χ2v) is 6.00. The van der Waals surface area contributed by atoms with Crippen LogP contribution in [0.15, 0.2) is 47.3 Å². The topological polar surface area (TPSA) is 60.1 Å². The summed E-state index contributed by atoms with van der Waals surface area (Å²) < 4.78 is 7.04. The van der Waals surface area contributed by atoms with Crippen molar-refractivity contribution in [2.45, 2.75) is 25.2 Å². The molecule has 1 N–H and O–H groups in total. The van der Waals surface area contributed by atoms with E-state index in [0.29, 0.717) is 11.7 Å². The van der Waals surface area contributed by atoms with Gasteiger partial charge in [-0.05, 0) is 61.7 Å². The number of nitrogens with one attached hydrogen (secondary N) is 1. The summed E-state index contributed by atoms with van der Waals surface area (Å²) in [6, 6.07) is 7.48. The number of piperidine rings is 1. The van der Waals surface area contributed by atoms with Gasteiger partial charge < -0.3 is 9.73 Å². The smallest absolute Gasteiger partial charge is 0.238 e. The molecule has 23 heavy (non-hydrogen) atoms. The molecule has 118 valence electrons. The van der Waals surface area contributed by atoms with E-state index in [0.717, 1.165) is 37.0 Å². The molecule has 3 aromatic rings. The van der Waals surface area contributed by atoms with Crippen LogP contribution in [0.1, 0.15) is 34.9 Å². The maximum atomic E-state index is 12.7. The van der Waals surface area contributed by atoms with E-state index < -0.39 is 0 Å². The fraction of sp³-hybridized carbons (Fsp3) is 0.333. The molecule has 5 nitrogen and oxygen atoms in total. The Morgan fingerprint density at radius 2 is 2.17 bits per heavy atom. The Labute approximate surface area is 134 Å². The molecule has 4 heterocycles. The molecule has 1 aliphatic rings. The molecular formula is C18H19N3O2. The van der Waals surface area contributed by atoms with Crippen molar-refractivity contribution in [1.29, 1.82) is 0 Å². The van der Waals surface area contributed by atoms with Crippen molar-refractivity contribution in [3.63, 3.8) is 0 Å². The van der Waals surface area contributed by atoms with Gasteiger partial charge in [0.2, 0.25) is 5.91 Å². The summed E-state index contributed by atoms with van der Waals surface area (Å²) in [4.78, 5) is 17.2. The van der Waals surface area contributed by atoms with Crippen LogP contribution in [-0.2, 0) is 6.42 Å². The number of hydrogen-bond donors (Lipinski definition) is 1. The number of furan rings is 1. The van der Waals surface area contributed by atoms with Gasteiger partial charge in [0.15, 0.2) is 0 Å². The highest BCUT2D eigenvalue weighted by atomic mass is 16.3. The molecular weight excluding hydrogens is 290 g/mol. The van der Waals surface area contributed by atoms with Crippen LogP contribution in [0, 0.1) is 0 Å². The summed E-state index contributed by atoms with van der Waals surface area (Å²) in [7, 11) is 0. The van der Waals surface area contributed by atoms with Gasteiger partial charge in [-0.3, -0.25) is 14.3 Å². The lowest BCUT2D eigenvalue weighted by Gasteiger charge is -2.21. The molecule has 0 aliphatic carbocycles. The van der Waals surface area contributed by atoms with Crippen molar-refractivity contribution in [3.8, 4) is 0 Å². The third-order valence-electron chi connectivity index (χ3n) is 4.54. The maximum Gasteiger partial charge on any atom is 0.238 e. The van der Waals surface area contributed by atoms with E-state index in [4.69, 9.17) is 4.42 Å². The molecule has 0 spiro atoms. The van der Waals surface area contributed by atoms with E-state index in [2.05, 4.69) is 10.3 Å². The minimum absolute atomic E-state index is 0.0122. The van der Waals surface area contributed by atoms with Gasteiger partial charge >= 0.3 is 0 Å². The van der Waals surface area contributed by atoms with Crippen LogP contribution in [-0.4, -0.2) is 28.5 Å². The van der Waals surface area contributed by atoms with E-state index in [9.17, 15) is 4.79 Å².